The minimum Gasteiger partial charge on any atom is -0.352 e. The zero-order valence-electron chi connectivity index (χ0n) is 14.8. The molecule has 0 spiro atoms. The van der Waals surface area contributed by atoms with E-state index in [1.54, 1.807) is 0 Å². The number of hydrogen-bond acceptors (Lipinski definition) is 4. The minimum atomic E-state index is 0.109. The van der Waals surface area contributed by atoms with E-state index in [1.165, 1.54) is 37.4 Å². The van der Waals surface area contributed by atoms with Crippen LogP contribution in [0, 0.1) is 11.8 Å². The number of hydrogen-bond donors (Lipinski definition) is 1. The predicted molar refractivity (Wildman–Crippen MR) is 104 cm³/mol. The summed E-state index contributed by atoms with van der Waals surface area (Å²) in [6.45, 7) is 2.81. The SMILES string of the molecule is CCn1c(SCC(=O)NC(C2CC2)C2CC2)nnc1-c1ccc(Cl)cc1. The van der Waals surface area contributed by atoms with Gasteiger partial charge in [-0.25, -0.2) is 0 Å². The van der Waals surface area contributed by atoms with E-state index in [-0.39, 0.29) is 5.91 Å². The van der Waals surface area contributed by atoms with Crippen LogP contribution in [-0.4, -0.2) is 32.5 Å². The summed E-state index contributed by atoms with van der Waals surface area (Å²) in [5.74, 6) is 2.73. The summed E-state index contributed by atoms with van der Waals surface area (Å²) in [6.07, 6.45) is 5.07. The smallest absolute Gasteiger partial charge is 0.230 e. The number of benzene rings is 1. The Labute approximate surface area is 162 Å². The first-order valence-electron chi connectivity index (χ1n) is 9.27. The average molecular weight is 391 g/mol. The van der Waals surface area contributed by atoms with E-state index in [1.807, 2.05) is 28.8 Å². The standard InChI is InChI=1S/C19H23ClN4OS/c1-2-24-18(14-7-9-15(20)10-8-14)22-23-19(24)26-11-16(25)21-17(12-3-4-12)13-5-6-13/h7-10,12-13,17H,2-6,11H2,1H3,(H,21,25). The van der Waals surface area contributed by atoms with Crippen LogP contribution in [0.2, 0.25) is 5.02 Å². The molecule has 1 amide bonds. The molecule has 1 heterocycles. The van der Waals surface area contributed by atoms with Crippen molar-refractivity contribution < 1.29 is 4.79 Å². The summed E-state index contributed by atoms with van der Waals surface area (Å²) < 4.78 is 2.04. The van der Waals surface area contributed by atoms with E-state index in [4.69, 9.17) is 11.6 Å². The summed E-state index contributed by atoms with van der Waals surface area (Å²) in [6, 6.07) is 7.98. The first-order valence-corrected chi connectivity index (χ1v) is 10.6. The van der Waals surface area contributed by atoms with Crippen molar-refractivity contribution in [3.05, 3.63) is 29.3 Å². The van der Waals surface area contributed by atoms with Crippen LogP contribution in [0.25, 0.3) is 11.4 Å². The first-order chi connectivity index (χ1) is 12.7. The number of carbonyl (C=O) groups excluding carboxylic acids is 1. The van der Waals surface area contributed by atoms with E-state index in [2.05, 4.69) is 22.4 Å². The molecule has 2 fully saturated rings. The fraction of sp³-hybridized carbons (Fsp3) is 0.526. The Balaban J connectivity index is 1.40. The zero-order chi connectivity index (χ0) is 18.1. The Morgan fingerprint density at radius 1 is 1.23 bits per heavy atom. The lowest BCUT2D eigenvalue weighted by Gasteiger charge is -2.17. The molecule has 138 valence electrons. The summed E-state index contributed by atoms with van der Waals surface area (Å²) >= 11 is 7.42. The van der Waals surface area contributed by atoms with Gasteiger partial charge in [0.2, 0.25) is 5.91 Å². The van der Waals surface area contributed by atoms with Crippen LogP contribution in [-0.2, 0) is 11.3 Å². The topological polar surface area (TPSA) is 59.8 Å². The molecule has 0 aliphatic heterocycles. The van der Waals surface area contributed by atoms with Gasteiger partial charge in [0.25, 0.3) is 0 Å². The zero-order valence-corrected chi connectivity index (χ0v) is 16.4. The van der Waals surface area contributed by atoms with Crippen LogP contribution in [0.3, 0.4) is 0 Å². The maximum atomic E-state index is 12.4. The number of carbonyl (C=O) groups is 1. The van der Waals surface area contributed by atoms with Gasteiger partial charge in [0.15, 0.2) is 11.0 Å². The molecule has 2 aliphatic carbocycles. The third-order valence-electron chi connectivity index (χ3n) is 5.06. The number of halogens is 1. The Hall–Kier alpha value is -1.53. The molecule has 7 heteroatoms. The highest BCUT2D eigenvalue weighted by Gasteiger charge is 2.42. The molecule has 5 nitrogen and oxygen atoms in total. The summed E-state index contributed by atoms with van der Waals surface area (Å²) in [4.78, 5) is 12.4. The summed E-state index contributed by atoms with van der Waals surface area (Å²) in [5.41, 5.74) is 0.975. The van der Waals surface area contributed by atoms with Gasteiger partial charge < -0.3 is 9.88 Å². The van der Waals surface area contributed by atoms with Crippen LogP contribution in [0.15, 0.2) is 29.4 Å². The van der Waals surface area contributed by atoms with Gasteiger partial charge in [-0.3, -0.25) is 4.79 Å². The van der Waals surface area contributed by atoms with Crippen molar-refractivity contribution in [3.63, 3.8) is 0 Å². The van der Waals surface area contributed by atoms with Gasteiger partial charge >= 0.3 is 0 Å². The van der Waals surface area contributed by atoms with Crippen molar-refractivity contribution in [2.45, 2.75) is 50.4 Å². The van der Waals surface area contributed by atoms with Crippen LogP contribution < -0.4 is 5.32 Å². The highest BCUT2D eigenvalue weighted by Crippen LogP contribution is 2.44. The molecule has 2 aromatic rings. The van der Waals surface area contributed by atoms with E-state index in [0.717, 1.165) is 23.1 Å². The van der Waals surface area contributed by atoms with E-state index < -0.39 is 0 Å². The lowest BCUT2D eigenvalue weighted by Crippen LogP contribution is -2.39. The van der Waals surface area contributed by atoms with Gasteiger partial charge in [-0.1, -0.05) is 23.4 Å². The van der Waals surface area contributed by atoms with Crippen molar-refractivity contribution >= 4 is 29.3 Å². The molecule has 2 saturated carbocycles. The lowest BCUT2D eigenvalue weighted by molar-refractivity contribution is -0.119. The third kappa shape index (κ3) is 4.07. The van der Waals surface area contributed by atoms with Crippen LogP contribution in [0.1, 0.15) is 32.6 Å². The van der Waals surface area contributed by atoms with Crippen molar-refractivity contribution in [1.29, 1.82) is 0 Å². The van der Waals surface area contributed by atoms with Gasteiger partial charge in [-0.15, -0.1) is 10.2 Å². The Morgan fingerprint density at radius 2 is 1.88 bits per heavy atom. The molecular formula is C19H23ClN4OS. The summed E-state index contributed by atoms with van der Waals surface area (Å²) in [5, 5.41) is 13.4. The monoisotopic (exact) mass is 390 g/mol. The van der Waals surface area contributed by atoms with Gasteiger partial charge in [0, 0.05) is 23.2 Å². The molecule has 0 unspecified atom stereocenters. The Bertz CT molecular complexity index is 771. The van der Waals surface area contributed by atoms with Crippen molar-refractivity contribution in [3.8, 4) is 11.4 Å². The number of nitrogens with one attached hydrogen (secondary N) is 1. The fourth-order valence-electron chi connectivity index (χ4n) is 3.38. The second-order valence-electron chi connectivity index (χ2n) is 7.11. The molecule has 2 aliphatic rings. The number of nitrogens with zero attached hydrogens (tertiary/aromatic N) is 3. The molecule has 1 aromatic heterocycles. The molecule has 1 N–H and O–H groups in total. The van der Waals surface area contributed by atoms with Crippen molar-refractivity contribution in [2.24, 2.45) is 11.8 Å². The fourth-order valence-corrected chi connectivity index (χ4v) is 4.32. The van der Waals surface area contributed by atoms with Gasteiger partial charge in [0.1, 0.15) is 0 Å². The third-order valence-corrected chi connectivity index (χ3v) is 6.27. The highest BCUT2D eigenvalue weighted by molar-refractivity contribution is 7.99. The highest BCUT2D eigenvalue weighted by atomic mass is 35.5. The lowest BCUT2D eigenvalue weighted by atomic mass is 10.1. The molecule has 1 aromatic carbocycles. The van der Waals surface area contributed by atoms with E-state index in [9.17, 15) is 4.79 Å². The quantitative estimate of drug-likeness (QED) is 0.691. The molecule has 0 atom stereocenters. The number of thioether (sulfide) groups is 1. The number of rotatable bonds is 8. The van der Waals surface area contributed by atoms with Crippen LogP contribution in [0.5, 0.6) is 0 Å². The molecule has 0 saturated heterocycles. The number of aromatic nitrogens is 3. The first kappa shape index (κ1) is 17.9. The Kier molecular flexibility index (Phi) is 5.23. The van der Waals surface area contributed by atoms with Crippen molar-refractivity contribution in [1.82, 2.24) is 20.1 Å². The van der Waals surface area contributed by atoms with Gasteiger partial charge in [-0.05, 0) is 68.7 Å². The number of amides is 1. The van der Waals surface area contributed by atoms with Crippen LogP contribution >= 0.6 is 23.4 Å². The maximum Gasteiger partial charge on any atom is 0.230 e. The average Bonchev–Trinajstić information content (AvgIpc) is 3.56. The second kappa shape index (κ2) is 7.61. The minimum absolute atomic E-state index is 0.109. The molecule has 0 bridgehead atoms. The van der Waals surface area contributed by atoms with E-state index >= 15 is 0 Å². The normalized spacial score (nSPS) is 16.9. The summed E-state index contributed by atoms with van der Waals surface area (Å²) in [7, 11) is 0. The maximum absolute atomic E-state index is 12.4. The van der Waals surface area contributed by atoms with Crippen LogP contribution in [0.4, 0.5) is 0 Å². The molecule has 4 rings (SSSR count). The Morgan fingerprint density at radius 3 is 2.46 bits per heavy atom. The van der Waals surface area contributed by atoms with Gasteiger partial charge in [0.05, 0.1) is 5.75 Å². The molecule has 0 radical (unpaired) electrons. The largest absolute Gasteiger partial charge is 0.352 e. The van der Waals surface area contributed by atoms with Crippen molar-refractivity contribution in [2.75, 3.05) is 5.75 Å². The molecular weight excluding hydrogens is 368 g/mol. The van der Waals surface area contributed by atoms with E-state index in [0.29, 0.717) is 28.7 Å². The van der Waals surface area contributed by atoms with Gasteiger partial charge in [-0.2, -0.15) is 0 Å². The predicted octanol–water partition coefficient (Wildman–Crippen LogP) is 4.02. The molecule has 26 heavy (non-hydrogen) atoms. The second-order valence-corrected chi connectivity index (χ2v) is 8.49.